The molecule has 0 radical (unpaired) electrons. The predicted molar refractivity (Wildman–Crippen MR) is 70.9 cm³/mol. The van der Waals surface area contributed by atoms with E-state index in [2.05, 4.69) is 31.2 Å². The van der Waals surface area contributed by atoms with Crippen molar-refractivity contribution in [1.29, 1.82) is 0 Å². The predicted octanol–water partition coefficient (Wildman–Crippen LogP) is 3.34. The van der Waals surface area contributed by atoms with Gasteiger partial charge in [0.1, 0.15) is 0 Å². The fourth-order valence-corrected chi connectivity index (χ4v) is 2.57. The maximum atomic E-state index is 6.16. The third-order valence-electron chi connectivity index (χ3n) is 3.54. The zero-order valence-corrected chi connectivity index (χ0v) is 10.7. The summed E-state index contributed by atoms with van der Waals surface area (Å²) >= 11 is 0. The smallest absolute Gasteiger partial charge is 0.0950 e. The molecule has 94 valence electrons. The molecule has 0 aromatic heterocycles. The van der Waals surface area contributed by atoms with Crippen molar-refractivity contribution < 1.29 is 4.74 Å². The highest BCUT2D eigenvalue weighted by Crippen LogP contribution is 2.26. The average molecular weight is 233 g/mol. The van der Waals surface area contributed by atoms with E-state index in [1.54, 1.807) is 0 Å². The molecule has 0 heterocycles. The molecule has 17 heavy (non-hydrogen) atoms. The molecule has 0 bridgehead atoms. The minimum Gasteiger partial charge on any atom is -0.369 e. The van der Waals surface area contributed by atoms with Crippen molar-refractivity contribution in [3.05, 3.63) is 35.4 Å². The monoisotopic (exact) mass is 233 g/mol. The normalized spacial score (nSPS) is 19.2. The minimum atomic E-state index is 0.0676. The minimum absolute atomic E-state index is 0.0676. The second-order valence-electron chi connectivity index (χ2n) is 5.03. The summed E-state index contributed by atoms with van der Waals surface area (Å²) in [4.78, 5) is 0. The van der Waals surface area contributed by atoms with Crippen LogP contribution < -0.4 is 5.73 Å². The molecular formula is C15H23NO. The first-order valence-corrected chi connectivity index (χ1v) is 6.71. The van der Waals surface area contributed by atoms with Gasteiger partial charge in [-0.05, 0) is 25.3 Å². The van der Waals surface area contributed by atoms with Crippen LogP contribution in [0, 0.1) is 6.92 Å². The molecule has 2 rings (SSSR count). The molecule has 0 spiro atoms. The Morgan fingerprint density at radius 1 is 1.29 bits per heavy atom. The van der Waals surface area contributed by atoms with Crippen LogP contribution in [0.4, 0.5) is 0 Å². The lowest BCUT2D eigenvalue weighted by atomic mass is 9.97. The topological polar surface area (TPSA) is 35.2 Å². The number of ether oxygens (including phenoxy) is 1. The van der Waals surface area contributed by atoms with Crippen molar-refractivity contribution in [2.24, 2.45) is 5.73 Å². The van der Waals surface area contributed by atoms with Crippen molar-refractivity contribution in [1.82, 2.24) is 0 Å². The van der Waals surface area contributed by atoms with Crippen molar-refractivity contribution in [3.8, 4) is 0 Å². The van der Waals surface area contributed by atoms with Crippen LogP contribution in [0.1, 0.15) is 49.3 Å². The SMILES string of the molecule is Cc1cccc(C(CN)OC2CCCCC2)c1. The summed E-state index contributed by atoms with van der Waals surface area (Å²) in [5.41, 5.74) is 8.34. The lowest BCUT2D eigenvalue weighted by Gasteiger charge is -2.27. The molecule has 1 saturated carbocycles. The van der Waals surface area contributed by atoms with E-state index in [0.29, 0.717) is 12.6 Å². The molecule has 0 amide bonds. The summed E-state index contributed by atoms with van der Waals surface area (Å²) < 4.78 is 6.16. The van der Waals surface area contributed by atoms with E-state index < -0.39 is 0 Å². The van der Waals surface area contributed by atoms with Crippen molar-refractivity contribution in [3.63, 3.8) is 0 Å². The molecule has 1 aliphatic rings. The second-order valence-corrected chi connectivity index (χ2v) is 5.03. The van der Waals surface area contributed by atoms with E-state index in [0.717, 1.165) is 0 Å². The summed E-state index contributed by atoms with van der Waals surface area (Å²) in [6.07, 6.45) is 6.84. The lowest BCUT2D eigenvalue weighted by molar-refractivity contribution is -0.0269. The zero-order chi connectivity index (χ0) is 12.1. The number of hydrogen-bond acceptors (Lipinski definition) is 2. The van der Waals surface area contributed by atoms with Crippen LogP contribution in [0.2, 0.25) is 0 Å². The molecule has 1 atom stereocenters. The maximum absolute atomic E-state index is 6.16. The molecule has 2 heteroatoms. The summed E-state index contributed by atoms with van der Waals surface area (Å²) in [5.74, 6) is 0. The van der Waals surface area contributed by atoms with Gasteiger partial charge < -0.3 is 10.5 Å². The van der Waals surface area contributed by atoms with Gasteiger partial charge in [0.25, 0.3) is 0 Å². The first kappa shape index (κ1) is 12.6. The Labute approximate surface area is 104 Å². The van der Waals surface area contributed by atoms with Crippen LogP contribution in [0.25, 0.3) is 0 Å². The lowest BCUT2D eigenvalue weighted by Crippen LogP contribution is -2.24. The van der Waals surface area contributed by atoms with E-state index in [1.807, 2.05) is 0 Å². The van der Waals surface area contributed by atoms with Gasteiger partial charge in [-0.25, -0.2) is 0 Å². The van der Waals surface area contributed by atoms with E-state index in [-0.39, 0.29) is 6.10 Å². The van der Waals surface area contributed by atoms with E-state index in [1.165, 1.54) is 43.2 Å². The van der Waals surface area contributed by atoms with Gasteiger partial charge in [-0.3, -0.25) is 0 Å². The van der Waals surface area contributed by atoms with E-state index in [4.69, 9.17) is 10.5 Å². The maximum Gasteiger partial charge on any atom is 0.0950 e. The molecule has 1 fully saturated rings. The molecule has 1 unspecified atom stereocenters. The summed E-state index contributed by atoms with van der Waals surface area (Å²) in [7, 11) is 0. The van der Waals surface area contributed by atoms with E-state index >= 15 is 0 Å². The molecule has 0 aliphatic heterocycles. The number of nitrogens with two attached hydrogens (primary N) is 1. The summed E-state index contributed by atoms with van der Waals surface area (Å²) in [5, 5.41) is 0. The van der Waals surface area contributed by atoms with Crippen molar-refractivity contribution in [2.45, 2.75) is 51.2 Å². The zero-order valence-electron chi connectivity index (χ0n) is 10.7. The Balaban J connectivity index is 2.00. The van der Waals surface area contributed by atoms with Gasteiger partial charge in [0.2, 0.25) is 0 Å². The van der Waals surface area contributed by atoms with E-state index in [9.17, 15) is 0 Å². The third kappa shape index (κ3) is 3.55. The summed E-state index contributed by atoms with van der Waals surface area (Å²) in [6, 6.07) is 8.49. The molecule has 1 aromatic rings. The van der Waals surface area contributed by atoms with Crippen LogP contribution in [-0.2, 0) is 4.74 Å². The van der Waals surface area contributed by atoms with Gasteiger partial charge in [-0.1, -0.05) is 49.1 Å². The van der Waals surface area contributed by atoms with Gasteiger partial charge in [0, 0.05) is 6.54 Å². The number of aryl methyl sites for hydroxylation is 1. The van der Waals surface area contributed by atoms with Crippen LogP contribution >= 0.6 is 0 Å². The molecule has 1 aromatic carbocycles. The van der Waals surface area contributed by atoms with Crippen molar-refractivity contribution in [2.75, 3.05) is 6.54 Å². The van der Waals surface area contributed by atoms with Crippen LogP contribution in [0.3, 0.4) is 0 Å². The highest BCUT2D eigenvalue weighted by atomic mass is 16.5. The molecular weight excluding hydrogens is 210 g/mol. The Kier molecular flexibility index (Phi) is 4.57. The number of benzene rings is 1. The molecule has 0 saturated heterocycles. The highest BCUT2D eigenvalue weighted by Gasteiger charge is 2.19. The average Bonchev–Trinajstić information content (AvgIpc) is 2.37. The standard InChI is InChI=1S/C15H23NO/c1-12-6-5-7-13(10-12)15(11-16)17-14-8-3-2-4-9-14/h5-7,10,14-15H,2-4,8-9,11,16H2,1H3. The Bertz CT molecular complexity index is 345. The Hall–Kier alpha value is -0.860. The van der Waals surface area contributed by atoms with Crippen molar-refractivity contribution >= 4 is 0 Å². The van der Waals surface area contributed by atoms with Gasteiger partial charge in [0.05, 0.1) is 12.2 Å². The van der Waals surface area contributed by atoms with Crippen LogP contribution in [0.15, 0.2) is 24.3 Å². The Morgan fingerprint density at radius 3 is 2.71 bits per heavy atom. The quantitative estimate of drug-likeness (QED) is 0.865. The molecule has 2 N–H and O–H groups in total. The fraction of sp³-hybridized carbons (Fsp3) is 0.600. The largest absolute Gasteiger partial charge is 0.369 e. The van der Waals surface area contributed by atoms with Crippen LogP contribution in [0.5, 0.6) is 0 Å². The number of hydrogen-bond donors (Lipinski definition) is 1. The number of rotatable bonds is 4. The van der Waals surface area contributed by atoms with Gasteiger partial charge >= 0.3 is 0 Å². The first-order valence-electron chi connectivity index (χ1n) is 6.71. The summed E-state index contributed by atoms with van der Waals surface area (Å²) in [6.45, 7) is 2.68. The van der Waals surface area contributed by atoms with Gasteiger partial charge in [0.15, 0.2) is 0 Å². The molecule has 1 aliphatic carbocycles. The van der Waals surface area contributed by atoms with Gasteiger partial charge in [-0.15, -0.1) is 0 Å². The Morgan fingerprint density at radius 2 is 2.06 bits per heavy atom. The molecule has 2 nitrogen and oxygen atoms in total. The van der Waals surface area contributed by atoms with Gasteiger partial charge in [-0.2, -0.15) is 0 Å². The second kappa shape index (κ2) is 6.18. The first-order chi connectivity index (χ1) is 8.29. The third-order valence-corrected chi connectivity index (χ3v) is 3.54. The highest BCUT2D eigenvalue weighted by molar-refractivity contribution is 5.24. The fourth-order valence-electron chi connectivity index (χ4n) is 2.57. The van der Waals surface area contributed by atoms with Crippen LogP contribution in [-0.4, -0.2) is 12.6 Å².